The summed E-state index contributed by atoms with van der Waals surface area (Å²) in [4.78, 5) is 24.4. The molecule has 0 radical (unpaired) electrons. The Morgan fingerprint density at radius 1 is 1.03 bits per heavy atom. The first-order chi connectivity index (χ1) is 14.9. The molecular weight excluding hydrogens is 458 g/mol. The van der Waals surface area contributed by atoms with Gasteiger partial charge in [-0.3, -0.25) is 4.79 Å². The van der Waals surface area contributed by atoms with E-state index in [9.17, 15) is 26.4 Å². The third-order valence-electron chi connectivity index (χ3n) is 4.28. The van der Waals surface area contributed by atoms with Crippen molar-refractivity contribution in [3.05, 3.63) is 53.6 Å². The number of aryl methyl sites for hydroxylation is 1. The minimum atomic E-state index is -3.75. The van der Waals surface area contributed by atoms with Crippen molar-refractivity contribution in [3.63, 3.8) is 0 Å². The molecule has 2 rings (SSSR count). The number of ether oxygens (including phenoxy) is 1. The number of anilines is 1. The quantitative estimate of drug-likeness (QED) is 0.513. The van der Waals surface area contributed by atoms with Crippen molar-refractivity contribution in [2.75, 3.05) is 32.6 Å². The zero-order valence-electron chi connectivity index (χ0n) is 18.1. The van der Waals surface area contributed by atoms with E-state index in [1.54, 1.807) is 19.9 Å². The van der Waals surface area contributed by atoms with Gasteiger partial charge in [0.1, 0.15) is 0 Å². The highest BCUT2D eigenvalue weighted by Crippen LogP contribution is 2.22. The van der Waals surface area contributed by atoms with Crippen molar-refractivity contribution < 1.29 is 31.2 Å². The monoisotopic (exact) mass is 483 g/mol. The highest BCUT2D eigenvalue weighted by Gasteiger charge is 2.21. The van der Waals surface area contributed by atoms with Gasteiger partial charge in [-0.1, -0.05) is 19.1 Å². The molecule has 0 saturated heterocycles. The minimum absolute atomic E-state index is 0.0357. The van der Waals surface area contributed by atoms with Crippen LogP contribution in [0.4, 0.5) is 5.69 Å². The summed E-state index contributed by atoms with van der Waals surface area (Å²) in [5.74, 6) is -1.57. The molecule has 0 saturated carbocycles. The molecule has 0 bridgehead atoms. The topological polar surface area (TPSA) is 139 Å². The van der Waals surface area contributed by atoms with E-state index in [-0.39, 0.29) is 27.6 Å². The molecule has 0 fully saturated rings. The molecule has 174 valence electrons. The fourth-order valence-electron chi connectivity index (χ4n) is 2.63. The van der Waals surface area contributed by atoms with Gasteiger partial charge in [0.05, 0.1) is 15.4 Å². The Kier molecular flexibility index (Phi) is 8.13. The van der Waals surface area contributed by atoms with Crippen LogP contribution < -0.4 is 10.0 Å². The molecule has 0 spiro atoms. The molecule has 10 nitrogen and oxygen atoms in total. The first kappa shape index (κ1) is 25.5. The third-order valence-corrected chi connectivity index (χ3v) is 7.78. The largest absolute Gasteiger partial charge is 0.452 e. The molecule has 2 N–H and O–H groups in total. The van der Waals surface area contributed by atoms with Gasteiger partial charge in [0.15, 0.2) is 6.61 Å². The molecule has 0 atom stereocenters. The van der Waals surface area contributed by atoms with Gasteiger partial charge >= 0.3 is 5.97 Å². The lowest BCUT2D eigenvalue weighted by Gasteiger charge is -2.15. The molecule has 2 aromatic rings. The number of carbonyl (C=O) groups excluding carboxylic acids is 2. The molecular formula is C20H25N3O7S2. The van der Waals surface area contributed by atoms with Crippen molar-refractivity contribution in [3.8, 4) is 0 Å². The number of hydrogen-bond donors (Lipinski definition) is 2. The van der Waals surface area contributed by atoms with Crippen LogP contribution in [0.1, 0.15) is 22.8 Å². The standard InChI is InChI=1S/C20H25N3O7S2/c1-5-21-31(26,27)17-8-6-7-15(11-17)20(25)30-13-19(24)22-16-10-9-14(2)18(12-16)32(28,29)23(3)4/h6-12,21H,5,13H2,1-4H3,(H,22,24). The lowest BCUT2D eigenvalue weighted by Crippen LogP contribution is -2.24. The molecule has 0 aliphatic carbocycles. The maximum Gasteiger partial charge on any atom is 0.338 e. The van der Waals surface area contributed by atoms with Crippen LogP contribution in [-0.2, 0) is 29.6 Å². The summed E-state index contributed by atoms with van der Waals surface area (Å²) in [6.45, 7) is 2.80. The summed E-state index contributed by atoms with van der Waals surface area (Å²) in [5.41, 5.74) is 0.692. The van der Waals surface area contributed by atoms with Gasteiger partial charge < -0.3 is 10.1 Å². The summed E-state index contributed by atoms with van der Waals surface area (Å²) in [6.07, 6.45) is 0. The van der Waals surface area contributed by atoms with Crippen LogP contribution >= 0.6 is 0 Å². The maximum absolute atomic E-state index is 12.4. The zero-order valence-corrected chi connectivity index (χ0v) is 19.7. The van der Waals surface area contributed by atoms with E-state index in [1.165, 1.54) is 44.4 Å². The molecule has 32 heavy (non-hydrogen) atoms. The fourth-order valence-corrected chi connectivity index (χ4v) is 4.86. The highest BCUT2D eigenvalue weighted by atomic mass is 32.2. The summed E-state index contributed by atoms with van der Waals surface area (Å²) in [7, 11) is -4.66. The van der Waals surface area contributed by atoms with Gasteiger partial charge in [0, 0.05) is 26.3 Å². The van der Waals surface area contributed by atoms with E-state index in [2.05, 4.69) is 10.0 Å². The predicted molar refractivity (Wildman–Crippen MR) is 118 cm³/mol. The Bertz CT molecular complexity index is 1220. The van der Waals surface area contributed by atoms with Gasteiger partial charge in [0.2, 0.25) is 20.0 Å². The Morgan fingerprint density at radius 2 is 1.72 bits per heavy atom. The summed E-state index contributed by atoms with van der Waals surface area (Å²) < 4.78 is 57.3. The second-order valence-corrected chi connectivity index (χ2v) is 10.8. The number of esters is 1. The molecule has 0 heterocycles. The van der Waals surface area contributed by atoms with Crippen molar-refractivity contribution in [2.24, 2.45) is 0 Å². The van der Waals surface area contributed by atoms with Crippen LogP contribution in [0.15, 0.2) is 52.3 Å². The van der Waals surface area contributed by atoms with Gasteiger partial charge in [-0.05, 0) is 42.8 Å². The number of benzene rings is 2. The van der Waals surface area contributed by atoms with Crippen molar-refractivity contribution in [1.29, 1.82) is 0 Å². The second kappa shape index (κ2) is 10.2. The Balaban J connectivity index is 2.08. The number of nitrogens with zero attached hydrogens (tertiary/aromatic N) is 1. The zero-order chi connectivity index (χ0) is 24.1. The van der Waals surface area contributed by atoms with Gasteiger partial charge in [-0.2, -0.15) is 0 Å². The minimum Gasteiger partial charge on any atom is -0.452 e. The van der Waals surface area contributed by atoms with Crippen LogP contribution in [0, 0.1) is 6.92 Å². The van der Waals surface area contributed by atoms with Crippen molar-refractivity contribution in [2.45, 2.75) is 23.6 Å². The summed E-state index contributed by atoms with van der Waals surface area (Å²) in [6, 6.07) is 9.63. The number of hydrogen-bond acceptors (Lipinski definition) is 7. The highest BCUT2D eigenvalue weighted by molar-refractivity contribution is 7.89. The maximum atomic E-state index is 12.4. The lowest BCUT2D eigenvalue weighted by atomic mass is 10.2. The van der Waals surface area contributed by atoms with Crippen LogP contribution in [0.3, 0.4) is 0 Å². The lowest BCUT2D eigenvalue weighted by molar-refractivity contribution is -0.119. The number of carbonyl (C=O) groups is 2. The molecule has 2 aromatic carbocycles. The van der Waals surface area contributed by atoms with Gasteiger partial charge in [0.25, 0.3) is 5.91 Å². The number of rotatable bonds is 9. The Morgan fingerprint density at radius 3 is 2.34 bits per heavy atom. The number of nitrogens with one attached hydrogen (secondary N) is 2. The van der Waals surface area contributed by atoms with E-state index in [0.717, 1.165) is 10.4 Å². The van der Waals surface area contributed by atoms with E-state index < -0.39 is 38.5 Å². The summed E-state index contributed by atoms with van der Waals surface area (Å²) in [5, 5.41) is 2.47. The Labute approximate surface area is 187 Å². The van der Waals surface area contributed by atoms with Crippen LogP contribution in [0.2, 0.25) is 0 Å². The SMILES string of the molecule is CCNS(=O)(=O)c1cccc(C(=O)OCC(=O)Nc2ccc(C)c(S(=O)(=O)N(C)C)c2)c1. The number of sulfonamides is 2. The van der Waals surface area contributed by atoms with E-state index in [1.807, 2.05) is 0 Å². The van der Waals surface area contributed by atoms with E-state index in [4.69, 9.17) is 4.74 Å². The molecule has 1 amide bonds. The molecule has 12 heteroatoms. The van der Waals surface area contributed by atoms with Crippen LogP contribution in [0.5, 0.6) is 0 Å². The van der Waals surface area contributed by atoms with Crippen LogP contribution in [0.25, 0.3) is 0 Å². The molecule has 0 aliphatic heterocycles. The molecule has 0 unspecified atom stereocenters. The average molecular weight is 484 g/mol. The molecule has 0 aromatic heterocycles. The predicted octanol–water partition coefficient (Wildman–Crippen LogP) is 1.34. The van der Waals surface area contributed by atoms with Crippen molar-refractivity contribution in [1.82, 2.24) is 9.03 Å². The first-order valence-electron chi connectivity index (χ1n) is 9.48. The summed E-state index contributed by atoms with van der Waals surface area (Å²) >= 11 is 0. The average Bonchev–Trinajstić information content (AvgIpc) is 2.73. The van der Waals surface area contributed by atoms with Crippen LogP contribution in [-0.4, -0.2) is 60.3 Å². The smallest absolute Gasteiger partial charge is 0.338 e. The third kappa shape index (κ3) is 6.13. The van der Waals surface area contributed by atoms with E-state index >= 15 is 0 Å². The molecule has 0 aliphatic rings. The first-order valence-corrected chi connectivity index (χ1v) is 12.4. The van der Waals surface area contributed by atoms with Gasteiger partial charge in [-0.25, -0.2) is 30.7 Å². The normalized spacial score (nSPS) is 11.9. The fraction of sp³-hybridized carbons (Fsp3) is 0.300. The number of amides is 1. The second-order valence-electron chi connectivity index (χ2n) is 6.92. The Hall–Kier alpha value is -2.80. The van der Waals surface area contributed by atoms with E-state index in [0.29, 0.717) is 5.56 Å². The van der Waals surface area contributed by atoms with Crippen molar-refractivity contribution >= 4 is 37.6 Å². The van der Waals surface area contributed by atoms with Gasteiger partial charge in [-0.15, -0.1) is 0 Å².